The highest BCUT2D eigenvalue weighted by Gasteiger charge is 2.22. The maximum atomic E-state index is 12.6. The molecule has 1 aromatic heterocycles. The van der Waals surface area contributed by atoms with Crippen LogP contribution in [0.15, 0.2) is 54.6 Å². The van der Waals surface area contributed by atoms with Crippen LogP contribution in [0.2, 0.25) is 0 Å². The Morgan fingerprint density at radius 3 is 2.03 bits per heavy atom. The van der Waals surface area contributed by atoms with E-state index in [-0.39, 0.29) is 16.1 Å². The third kappa shape index (κ3) is 4.25. The standard InChI is InChI=1S/C18H12N4O6S/c19-16(23)14-9-15(10-4-2-1-3-5-10)29-18(14)20-17(24)11-6-12(21(25)26)8-13(7-11)22(27)28/h1-9H,(H2,19,23)(H,20,24). The molecular weight excluding hydrogens is 400 g/mol. The Bertz CT molecular complexity index is 1110. The first kappa shape index (κ1) is 19.6. The maximum Gasteiger partial charge on any atom is 0.277 e. The normalized spacial score (nSPS) is 10.3. The second-order valence-corrected chi connectivity index (χ2v) is 6.84. The summed E-state index contributed by atoms with van der Waals surface area (Å²) in [7, 11) is 0. The van der Waals surface area contributed by atoms with Crippen molar-refractivity contribution in [3.63, 3.8) is 0 Å². The largest absolute Gasteiger partial charge is 0.366 e. The molecule has 1 heterocycles. The van der Waals surface area contributed by atoms with Crippen molar-refractivity contribution in [3.8, 4) is 10.4 Å². The summed E-state index contributed by atoms with van der Waals surface area (Å²) in [5, 5.41) is 24.6. The van der Waals surface area contributed by atoms with Gasteiger partial charge >= 0.3 is 0 Å². The lowest BCUT2D eigenvalue weighted by Crippen LogP contribution is -2.16. The minimum absolute atomic E-state index is 0.0575. The van der Waals surface area contributed by atoms with Crippen LogP contribution in [0.5, 0.6) is 0 Å². The van der Waals surface area contributed by atoms with Gasteiger partial charge in [-0.15, -0.1) is 11.3 Å². The van der Waals surface area contributed by atoms with Gasteiger partial charge in [-0.3, -0.25) is 29.8 Å². The van der Waals surface area contributed by atoms with Gasteiger partial charge in [-0.2, -0.15) is 0 Å². The van der Waals surface area contributed by atoms with E-state index < -0.39 is 33.0 Å². The van der Waals surface area contributed by atoms with Crippen LogP contribution >= 0.6 is 11.3 Å². The lowest BCUT2D eigenvalue weighted by atomic mass is 10.1. The van der Waals surface area contributed by atoms with Crippen LogP contribution < -0.4 is 11.1 Å². The second-order valence-electron chi connectivity index (χ2n) is 5.79. The van der Waals surface area contributed by atoms with E-state index in [0.717, 1.165) is 35.1 Å². The quantitative estimate of drug-likeness (QED) is 0.465. The minimum Gasteiger partial charge on any atom is -0.366 e. The predicted molar refractivity (Wildman–Crippen MR) is 106 cm³/mol. The Morgan fingerprint density at radius 1 is 0.931 bits per heavy atom. The number of amides is 2. The van der Waals surface area contributed by atoms with Gasteiger partial charge in [-0.1, -0.05) is 30.3 Å². The number of thiophene rings is 1. The number of primary amides is 1. The molecule has 0 aliphatic carbocycles. The number of carbonyl (C=O) groups is 2. The van der Waals surface area contributed by atoms with Crippen LogP contribution in [0.1, 0.15) is 20.7 Å². The van der Waals surface area contributed by atoms with Crippen molar-refractivity contribution in [2.45, 2.75) is 0 Å². The first-order valence-electron chi connectivity index (χ1n) is 8.00. The highest BCUT2D eigenvalue weighted by Crippen LogP contribution is 2.35. The Kier molecular flexibility index (Phi) is 5.32. The fraction of sp³-hybridized carbons (Fsp3) is 0. The summed E-state index contributed by atoms with van der Waals surface area (Å²) in [5.74, 6) is -1.62. The molecule has 0 aliphatic rings. The SMILES string of the molecule is NC(=O)c1cc(-c2ccccc2)sc1NC(=O)c1cc([N+](=O)[O-])cc([N+](=O)[O-])c1. The maximum absolute atomic E-state index is 12.6. The molecule has 0 radical (unpaired) electrons. The number of carbonyl (C=O) groups excluding carboxylic acids is 2. The second kappa shape index (κ2) is 7.86. The number of non-ortho nitro benzene ring substituents is 2. The molecule has 0 unspecified atom stereocenters. The van der Waals surface area contributed by atoms with Gasteiger partial charge in [-0.25, -0.2) is 0 Å². The number of nitro groups is 2. The van der Waals surface area contributed by atoms with Crippen molar-refractivity contribution in [2.24, 2.45) is 5.73 Å². The van der Waals surface area contributed by atoms with E-state index in [9.17, 15) is 29.8 Å². The fourth-order valence-electron chi connectivity index (χ4n) is 2.52. The van der Waals surface area contributed by atoms with Gasteiger partial charge in [0.2, 0.25) is 0 Å². The zero-order valence-corrected chi connectivity index (χ0v) is 15.3. The average Bonchev–Trinajstić information content (AvgIpc) is 3.12. The fourth-order valence-corrected chi connectivity index (χ4v) is 3.59. The highest BCUT2D eigenvalue weighted by molar-refractivity contribution is 7.20. The van der Waals surface area contributed by atoms with Crippen molar-refractivity contribution in [1.82, 2.24) is 0 Å². The molecule has 0 saturated heterocycles. The van der Waals surface area contributed by atoms with Crippen LogP contribution in [0, 0.1) is 20.2 Å². The number of benzene rings is 2. The molecule has 29 heavy (non-hydrogen) atoms. The summed E-state index contributed by atoms with van der Waals surface area (Å²) in [4.78, 5) is 45.4. The minimum atomic E-state index is -0.847. The number of nitrogens with zero attached hydrogens (tertiary/aromatic N) is 2. The molecule has 10 nitrogen and oxygen atoms in total. The van der Waals surface area contributed by atoms with Crippen molar-refractivity contribution >= 4 is 39.5 Å². The molecule has 0 spiro atoms. The molecule has 3 aromatic rings. The molecule has 146 valence electrons. The molecule has 0 fully saturated rings. The van der Waals surface area contributed by atoms with E-state index in [1.165, 1.54) is 6.07 Å². The number of nitrogens with one attached hydrogen (secondary N) is 1. The molecule has 3 N–H and O–H groups in total. The molecular formula is C18H12N4O6S. The van der Waals surface area contributed by atoms with E-state index in [0.29, 0.717) is 4.88 Å². The first-order chi connectivity index (χ1) is 13.8. The van der Waals surface area contributed by atoms with E-state index in [1.807, 2.05) is 18.2 Å². The van der Waals surface area contributed by atoms with E-state index in [2.05, 4.69) is 5.32 Å². The molecule has 11 heteroatoms. The van der Waals surface area contributed by atoms with Gasteiger partial charge in [0.1, 0.15) is 5.00 Å². The topological polar surface area (TPSA) is 158 Å². The molecule has 0 aliphatic heterocycles. The molecule has 0 saturated carbocycles. The van der Waals surface area contributed by atoms with Crippen molar-refractivity contribution in [2.75, 3.05) is 5.32 Å². The van der Waals surface area contributed by atoms with Crippen molar-refractivity contribution in [1.29, 1.82) is 0 Å². The van der Waals surface area contributed by atoms with Gasteiger partial charge in [0.05, 0.1) is 27.0 Å². The third-order valence-corrected chi connectivity index (χ3v) is 4.97. The zero-order chi connectivity index (χ0) is 21.1. The number of hydrogen-bond acceptors (Lipinski definition) is 7. The van der Waals surface area contributed by atoms with E-state index in [4.69, 9.17) is 5.73 Å². The van der Waals surface area contributed by atoms with Gasteiger partial charge in [0.15, 0.2) is 0 Å². The molecule has 2 amide bonds. The third-order valence-electron chi connectivity index (χ3n) is 3.87. The molecule has 0 atom stereocenters. The first-order valence-corrected chi connectivity index (χ1v) is 8.82. The number of anilines is 1. The van der Waals surface area contributed by atoms with Crippen LogP contribution in [0.25, 0.3) is 10.4 Å². The Morgan fingerprint density at radius 2 is 1.52 bits per heavy atom. The highest BCUT2D eigenvalue weighted by atomic mass is 32.1. The van der Waals surface area contributed by atoms with Crippen molar-refractivity contribution in [3.05, 3.63) is 86.0 Å². The number of nitrogens with two attached hydrogens (primary N) is 1. The number of nitro benzene ring substituents is 2. The van der Waals surface area contributed by atoms with Crippen LogP contribution in [-0.4, -0.2) is 21.7 Å². The summed E-state index contributed by atoms with van der Waals surface area (Å²) in [5.41, 5.74) is 4.74. The van der Waals surface area contributed by atoms with E-state index >= 15 is 0 Å². The summed E-state index contributed by atoms with van der Waals surface area (Å²) < 4.78 is 0. The molecule has 3 rings (SSSR count). The van der Waals surface area contributed by atoms with Gasteiger partial charge in [-0.05, 0) is 11.6 Å². The summed E-state index contributed by atoms with van der Waals surface area (Å²) in [6, 6.07) is 13.2. The molecule has 0 bridgehead atoms. The number of hydrogen-bond donors (Lipinski definition) is 2. The van der Waals surface area contributed by atoms with E-state index in [1.54, 1.807) is 12.1 Å². The smallest absolute Gasteiger partial charge is 0.277 e. The zero-order valence-electron chi connectivity index (χ0n) is 14.5. The van der Waals surface area contributed by atoms with Crippen molar-refractivity contribution < 1.29 is 19.4 Å². The monoisotopic (exact) mass is 412 g/mol. The average molecular weight is 412 g/mol. The lowest BCUT2D eigenvalue weighted by Gasteiger charge is -2.05. The Labute approximate surface area is 166 Å². The number of rotatable bonds is 6. The van der Waals surface area contributed by atoms with Gasteiger partial charge in [0, 0.05) is 17.0 Å². The van der Waals surface area contributed by atoms with Crippen LogP contribution in [0.3, 0.4) is 0 Å². The summed E-state index contributed by atoms with van der Waals surface area (Å²) >= 11 is 1.08. The summed E-state index contributed by atoms with van der Waals surface area (Å²) in [6.07, 6.45) is 0. The summed E-state index contributed by atoms with van der Waals surface area (Å²) in [6.45, 7) is 0. The van der Waals surface area contributed by atoms with Crippen LogP contribution in [-0.2, 0) is 0 Å². The molecule has 2 aromatic carbocycles. The van der Waals surface area contributed by atoms with Crippen LogP contribution in [0.4, 0.5) is 16.4 Å². The Balaban J connectivity index is 1.99. The lowest BCUT2D eigenvalue weighted by molar-refractivity contribution is -0.394. The Hall–Kier alpha value is -4.12. The van der Waals surface area contributed by atoms with Gasteiger partial charge < -0.3 is 11.1 Å². The predicted octanol–water partition coefficient (Wildman–Crippen LogP) is 3.58. The van der Waals surface area contributed by atoms with Gasteiger partial charge in [0.25, 0.3) is 23.2 Å².